The lowest BCUT2D eigenvalue weighted by molar-refractivity contribution is 0.209. The van der Waals surface area contributed by atoms with Gasteiger partial charge in [0.1, 0.15) is 5.75 Å². The summed E-state index contributed by atoms with van der Waals surface area (Å²) in [5.41, 5.74) is 1.51. The summed E-state index contributed by atoms with van der Waals surface area (Å²) in [5.74, 6) is 0.384. The second kappa shape index (κ2) is 8.98. The predicted molar refractivity (Wildman–Crippen MR) is 107 cm³/mol. The second-order valence-corrected chi connectivity index (χ2v) is 8.32. The van der Waals surface area contributed by atoms with Gasteiger partial charge in [-0.05, 0) is 43.9 Å². The first-order chi connectivity index (χ1) is 12.7. The van der Waals surface area contributed by atoms with Crippen LogP contribution < -0.4 is 14.4 Å². The zero-order chi connectivity index (χ0) is 20.0. The number of amides is 1. The first-order valence-corrected chi connectivity index (χ1v) is 10.3. The SMILES string of the molecule is CN(C)CC(NS(C)(=O)=O)c1ccc(OC(=O)N(C)c2ccccc2)cc1. The first-order valence-electron chi connectivity index (χ1n) is 8.38. The van der Waals surface area contributed by atoms with Crippen molar-refractivity contribution in [1.29, 1.82) is 0 Å². The minimum Gasteiger partial charge on any atom is -0.410 e. The number of nitrogens with one attached hydrogen (secondary N) is 1. The normalized spacial score (nSPS) is 12.6. The summed E-state index contributed by atoms with van der Waals surface area (Å²) in [6, 6.07) is 15.6. The van der Waals surface area contributed by atoms with Gasteiger partial charge in [0.05, 0.1) is 12.3 Å². The molecule has 0 aromatic heterocycles. The van der Waals surface area contributed by atoms with E-state index in [4.69, 9.17) is 4.74 Å². The Kier molecular flexibility index (Phi) is 6.95. The molecule has 0 aliphatic carbocycles. The number of carbonyl (C=O) groups is 1. The van der Waals surface area contributed by atoms with E-state index in [1.165, 1.54) is 4.90 Å². The van der Waals surface area contributed by atoms with Gasteiger partial charge in [0.15, 0.2) is 0 Å². The number of hydrogen-bond donors (Lipinski definition) is 1. The maximum atomic E-state index is 12.3. The minimum atomic E-state index is -3.36. The number of anilines is 1. The number of rotatable bonds is 7. The number of nitrogens with zero attached hydrogens (tertiary/aromatic N) is 2. The highest BCUT2D eigenvalue weighted by molar-refractivity contribution is 7.88. The third-order valence-electron chi connectivity index (χ3n) is 3.81. The Morgan fingerprint density at radius 1 is 1.04 bits per heavy atom. The Bertz CT molecular complexity index is 852. The molecule has 1 unspecified atom stereocenters. The van der Waals surface area contributed by atoms with E-state index >= 15 is 0 Å². The Hall–Kier alpha value is -2.42. The maximum absolute atomic E-state index is 12.3. The molecule has 146 valence electrons. The zero-order valence-corrected chi connectivity index (χ0v) is 16.7. The lowest BCUT2D eigenvalue weighted by atomic mass is 10.1. The van der Waals surface area contributed by atoms with Gasteiger partial charge in [-0.15, -0.1) is 0 Å². The summed E-state index contributed by atoms with van der Waals surface area (Å²) in [6.07, 6.45) is 0.624. The summed E-state index contributed by atoms with van der Waals surface area (Å²) in [6.45, 7) is 0.503. The van der Waals surface area contributed by atoms with Gasteiger partial charge >= 0.3 is 6.09 Å². The fourth-order valence-corrected chi connectivity index (χ4v) is 3.26. The van der Waals surface area contributed by atoms with Gasteiger partial charge in [0, 0.05) is 19.3 Å². The van der Waals surface area contributed by atoms with Crippen LogP contribution >= 0.6 is 0 Å². The molecule has 0 bridgehead atoms. The van der Waals surface area contributed by atoms with Crippen molar-refractivity contribution < 1.29 is 17.9 Å². The number of sulfonamides is 1. The van der Waals surface area contributed by atoms with Crippen molar-refractivity contribution >= 4 is 21.8 Å². The van der Waals surface area contributed by atoms with Gasteiger partial charge in [0.25, 0.3) is 0 Å². The van der Waals surface area contributed by atoms with E-state index in [0.29, 0.717) is 12.3 Å². The second-order valence-electron chi connectivity index (χ2n) is 6.54. The molecule has 0 fully saturated rings. The average Bonchev–Trinajstić information content (AvgIpc) is 2.60. The van der Waals surface area contributed by atoms with E-state index in [1.807, 2.05) is 49.3 Å². The molecule has 1 atom stereocenters. The van der Waals surface area contributed by atoms with Crippen molar-refractivity contribution in [2.75, 3.05) is 38.8 Å². The number of likely N-dealkylation sites (N-methyl/N-ethyl adjacent to an activating group) is 1. The molecule has 0 aliphatic rings. The highest BCUT2D eigenvalue weighted by Gasteiger charge is 2.18. The molecule has 0 heterocycles. The van der Waals surface area contributed by atoms with Crippen LogP contribution in [0, 0.1) is 0 Å². The number of carbonyl (C=O) groups excluding carboxylic acids is 1. The molecule has 1 amide bonds. The molecule has 27 heavy (non-hydrogen) atoms. The van der Waals surface area contributed by atoms with Gasteiger partial charge in [0.2, 0.25) is 10.0 Å². The molecule has 2 aromatic carbocycles. The van der Waals surface area contributed by atoms with Crippen molar-refractivity contribution in [3.05, 3.63) is 60.2 Å². The van der Waals surface area contributed by atoms with Crippen molar-refractivity contribution in [1.82, 2.24) is 9.62 Å². The first kappa shape index (κ1) is 20.9. The predicted octanol–water partition coefficient (Wildman–Crippen LogP) is 2.47. The Morgan fingerprint density at radius 3 is 2.15 bits per heavy atom. The maximum Gasteiger partial charge on any atom is 0.419 e. The average molecular weight is 391 g/mol. The van der Waals surface area contributed by atoms with Crippen LogP contribution in [-0.2, 0) is 10.0 Å². The van der Waals surface area contributed by atoms with Gasteiger partial charge in [-0.1, -0.05) is 30.3 Å². The molecule has 0 aliphatic heterocycles. The van der Waals surface area contributed by atoms with Crippen molar-refractivity contribution in [2.24, 2.45) is 0 Å². The zero-order valence-electron chi connectivity index (χ0n) is 15.9. The Balaban J connectivity index is 2.09. The van der Waals surface area contributed by atoms with Gasteiger partial charge in [-0.25, -0.2) is 17.9 Å². The Labute approximate surface area is 160 Å². The summed E-state index contributed by atoms with van der Waals surface area (Å²) in [7, 11) is 2.01. The third-order valence-corrected chi connectivity index (χ3v) is 4.52. The van der Waals surface area contributed by atoms with E-state index in [9.17, 15) is 13.2 Å². The topological polar surface area (TPSA) is 79.0 Å². The Morgan fingerprint density at radius 2 is 1.63 bits per heavy atom. The molecular formula is C19H25N3O4S. The van der Waals surface area contributed by atoms with E-state index in [0.717, 1.165) is 17.5 Å². The monoisotopic (exact) mass is 391 g/mol. The fourth-order valence-electron chi connectivity index (χ4n) is 2.53. The molecule has 8 heteroatoms. The molecule has 0 saturated carbocycles. The van der Waals surface area contributed by atoms with Crippen LogP contribution in [0.15, 0.2) is 54.6 Å². The fraction of sp³-hybridized carbons (Fsp3) is 0.316. The summed E-state index contributed by atoms with van der Waals surface area (Å²) < 4.78 is 31.2. The van der Waals surface area contributed by atoms with Crippen LogP contribution in [0.4, 0.5) is 10.5 Å². The lowest BCUT2D eigenvalue weighted by Gasteiger charge is -2.22. The highest BCUT2D eigenvalue weighted by Crippen LogP contribution is 2.21. The van der Waals surface area contributed by atoms with Crippen LogP contribution in [-0.4, -0.2) is 53.4 Å². The largest absolute Gasteiger partial charge is 0.419 e. The molecular weight excluding hydrogens is 366 g/mol. The van der Waals surface area contributed by atoms with Crippen molar-refractivity contribution in [3.63, 3.8) is 0 Å². The van der Waals surface area contributed by atoms with Gasteiger partial charge in [-0.2, -0.15) is 0 Å². The van der Waals surface area contributed by atoms with E-state index in [2.05, 4.69) is 4.72 Å². The number of benzene rings is 2. The summed E-state index contributed by atoms with van der Waals surface area (Å²) in [4.78, 5) is 15.6. The summed E-state index contributed by atoms with van der Waals surface area (Å²) in [5, 5.41) is 0. The molecule has 7 nitrogen and oxygen atoms in total. The minimum absolute atomic E-state index is 0.384. The van der Waals surface area contributed by atoms with E-state index < -0.39 is 22.2 Å². The summed E-state index contributed by atoms with van der Waals surface area (Å²) >= 11 is 0. The van der Waals surface area contributed by atoms with E-state index in [-0.39, 0.29) is 0 Å². The molecule has 0 radical (unpaired) electrons. The van der Waals surface area contributed by atoms with Crippen molar-refractivity contribution in [2.45, 2.75) is 6.04 Å². The quantitative estimate of drug-likeness (QED) is 0.784. The van der Waals surface area contributed by atoms with Crippen molar-refractivity contribution in [3.8, 4) is 5.75 Å². The highest BCUT2D eigenvalue weighted by atomic mass is 32.2. The molecule has 2 rings (SSSR count). The molecule has 2 aromatic rings. The van der Waals surface area contributed by atoms with Crippen LogP contribution in [0.3, 0.4) is 0 Å². The lowest BCUT2D eigenvalue weighted by Crippen LogP contribution is -2.34. The standard InChI is InChI=1S/C19H25N3O4S/c1-21(2)14-18(20-27(4,24)25)15-10-12-17(13-11-15)26-19(23)22(3)16-8-6-5-7-9-16/h5-13,18,20H,14H2,1-4H3. The smallest absolute Gasteiger partial charge is 0.410 e. The van der Waals surface area contributed by atoms with Gasteiger partial charge < -0.3 is 9.64 Å². The van der Waals surface area contributed by atoms with E-state index in [1.54, 1.807) is 31.3 Å². The van der Waals surface area contributed by atoms with Crippen LogP contribution in [0.5, 0.6) is 5.75 Å². The number of ether oxygens (including phenoxy) is 1. The molecule has 1 N–H and O–H groups in total. The van der Waals surface area contributed by atoms with Crippen LogP contribution in [0.25, 0.3) is 0 Å². The third kappa shape index (κ3) is 6.67. The number of hydrogen-bond acceptors (Lipinski definition) is 5. The van der Waals surface area contributed by atoms with Crippen LogP contribution in [0.2, 0.25) is 0 Å². The molecule has 0 saturated heterocycles. The number of para-hydroxylation sites is 1. The van der Waals surface area contributed by atoms with Crippen LogP contribution in [0.1, 0.15) is 11.6 Å². The van der Waals surface area contributed by atoms with Gasteiger partial charge in [-0.3, -0.25) is 4.90 Å². The molecule has 0 spiro atoms.